The summed E-state index contributed by atoms with van der Waals surface area (Å²) in [6, 6.07) is -1.89. The molecule has 0 aromatic rings. The fourth-order valence-corrected chi connectivity index (χ4v) is 1.73. The first kappa shape index (κ1) is 13.3. The smallest absolute Gasteiger partial charge is 0.326 e. The highest BCUT2D eigenvalue weighted by Crippen LogP contribution is 2.14. The Bertz CT molecular complexity index is 331. The third-order valence-corrected chi connectivity index (χ3v) is 2.69. The minimum atomic E-state index is -1.38. The van der Waals surface area contributed by atoms with E-state index in [2.05, 4.69) is 5.32 Å². The predicted molar refractivity (Wildman–Crippen MR) is 57.6 cm³/mol. The minimum absolute atomic E-state index is 0.392. The van der Waals surface area contributed by atoms with E-state index in [0.29, 0.717) is 19.0 Å². The number of amides is 2. The van der Waals surface area contributed by atoms with Crippen LogP contribution in [-0.4, -0.2) is 52.2 Å². The van der Waals surface area contributed by atoms with E-state index in [1.54, 1.807) is 0 Å². The van der Waals surface area contributed by atoms with Crippen molar-refractivity contribution < 1.29 is 24.6 Å². The van der Waals surface area contributed by atoms with Gasteiger partial charge < -0.3 is 20.4 Å². The number of urea groups is 1. The molecule has 1 fully saturated rings. The first-order valence-corrected chi connectivity index (χ1v) is 5.40. The summed E-state index contributed by atoms with van der Waals surface area (Å²) in [6.07, 6.45) is 0.258. The van der Waals surface area contributed by atoms with Gasteiger partial charge in [-0.2, -0.15) is 0 Å². The summed E-state index contributed by atoms with van der Waals surface area (Å²) < 4.78 is 0. The largest absolute Gasteiger partial charge is 0.481 e. The molecule has 2 amide bonds. The Balaban J connectivity index is 2.52. The highest BCUT2D eigenvalue weighted by molar-refractivity contribution is 5.86. The van der Waals surface area contributed by atoms with Crippen LogP contribution in [0, 0.1) is 5.92 Å². The zero-order valence-corrected chi connectivity index (χ0v) is 9.55. The molecule has 1 aliphatic rings. The lowest BCUT2D eigenvalue weighted by Crippen LogP contribution is -2.48. The number of likely N-dealkylation sites (tertiary alicyclic amines) is 1. The Labute approximate surface area is 98.4 Å². The molecule has 0 spiro atoms. The van der Waals surface area contributed by atoms with Gasteiger partial charge in [-0.1, -0.05) is 6.92 Å². The Hall–Kier alpha value is -1.79. The normalized spacial score (nSPS) is 21.0. The molecule has 7 nitrogen and oxygen atoms in total. The van der Waals surface area contributed by atoms with Crippen molar-refractivity contribution in [1.29, 1.82) is 0 Å². The van der Waals surface area contributed by atoms with Crippen LogP contribution in [0.25, 0.3) is 0 Å². The van der Waals surface area contributed by atoms with Gasteiger partial charge in [0.05, 0.1) is 6.42 Å². The quantitative estimate of drug-likeness (QED) is 0.643. The zero-order chi connectivity index (χ0) is 13.0. The van der Waals surface area contributed by atoms with Gasteiger partial charge >= 0.3 is 18.0 Å². The number of hydrogen-bond acceptors (Lipinski definition) is 3. The molecule has 3 N–H and O–H groups in total. The van der Waals surface area contributed by atoms with Crippen molar-refractivity contribution in [2.24, 2.45) is 5.92 Å². The van der Waals surface area contributed by atoms with Gasteiger partial charge in [-0.25, -0.2) is 9.59 Å². The number of nitrogens with one attached hydrogen (secondary N) is 1. The van der Waals surface area contributed by atoms with Crippen LogP contribution in [-0.2, 0) is 9.59 Å². The van der Waals surface area contributed by atoms with Crippen LogP contribution in [0.2, 0.25) is 0 Å². The Kier molecular flexibility index (Phi) is 4.30. The summed E-state index contributed by atoms with van der Waals surface area (Å²) in [4.78, 5) is 34.3. The van der Waals surface area contributed by atoms with Gasteiger partial charge in [0, 0.05) is 13.1 Å². The van der Waals surface area contributed by atoms with E-state index in [4.69, 9.17) is 10.2 Å². The molecule has 1 unspecified atom stereocenters. The van der Waals surface area contributed by atoms with Crippen LogP contribution in [0.3, 0.4) is 0 Å². The van der Waals surface area contributed by atoms with E-state index >= 15 is 0 Å². The zero-order valence-electron chi connectivity index (χ0n) is 9.55. The average Bonchev–Trinajstić information content (AvgIpc) is 2.63. The lowest BCUT2D eigenvalue weighted by Gasteiger charge is -2.19. The molecular weight excluding hydrogens is 228 g/mol. The first-order chi connectivity index (χ1) is 7.90. The van der Waals surface area contributed by atoms with Gasteiger partial charge in [-0.3, -0.25) is 4.79 Å². The van der Waals surface area contributed by atoms with Gasteiger partial charge in [-0.05, 0) is 12.3 Å². The summed E-state index contributed by atoms with van der Waals surface area (Å²) in [6.45, 7) is 3.15. The number of rotatable bonds is 4. The molecule has 1 saturated heterocycles. The molecule has 2 atom stereocenters. The van der Waals surface area contributed by atoms with Crippen LogP contribution in [0.4, 0.5) is 4.79 Å². The minimum Gasteiger partial charge on any atom is -0.481 e. The standard InChI is InChI=1S/C10H16N2O5/c1-6-2-3-12(5-6)10(17)11-7(9(15)16)4-8(13)14/h6-7H,2-5H2,1H3,(H,11,17)(H,13,14)(H,15,16)/t6?,7-/m1/s1. The van der Waals surface area contributed by atoms with Crippen LogP contribution >= 0.6 is 0 Å². The average molecular weight is 244 g/mol. The molecule has 17 heavy (non-hydrogen) atoms. The number of carbonyl (C=O) groups excluding carboxylic acids is 1. The fourth-order valence-electron chi connectivity index (χ4n) is 1.73. The lowest BCUT2D eigenvalue weighted by atomic mass is 10.2. The third-order valence-electron chi connectivity index (χ3n) is 2.69. The van der Waals surface area contributed by atoms with E-state index < -0.39 is 30.4 Å². The van der Waals surface area contributed by atoms with Crippen molar-refractivity contribution in [1.82, 2.24) is 10.2 Å². The SMILES string of the molecule is CC1CCN(C(=O)N[C@H](CC(=O)O)C(=O)O)C1. The lowest BCUT2D eigenvalue weighted by molar-refractivity contribution is -0.145. The summed E-state index contributed by atoms with van der Waals surface area (Å²) in [5.74, 6) is -2.20. The van der Waals surface area contributed by atoms with Crippen LogP contribution in [0.15, 0.2) is 0 Å². The van der Waals surface area contributed by atoms with E-state index in [-0.39, 0.29) is 0 Å². The van der Waals surface area contributed by atoms with Crippen LogP contribution < -0.4 is 5.32 Å². The maximum Gasteiger partial charge on any atom is 0.326 e. The number of carboxylic acids is 2. The maximum atomic E-state index is 11.6. The molecule has 96 valence electrons. The van der Waals surface area contributed by atoms with Gasteiger partial charge in [0.25, 0.3) is 0 Å². The molecule has 7 heteroatoms. The Morgan fingerprint density at radius 2 is 2.06 bits per heavy atom. The topological polar surface area (TPSA) is 107 Å². The molecule has 1 heterocycles. The molecular formula is C10H16N2O5. The second-order valence-corrected chi connectivity index (χ2v) is 4.28. The second-order valence-electron chi connectivity index (χ2n) is 4.28. The summed E-state index contributed by atoms with van der Waals surface area (Å²) in [5.41, 5.74) is 0. The van der Waals surface area contributed by atoms with Crippen molar-refractivity contribution in [2.45, 2.75) is 25.8 Å². The van der Waals surface area contributed by atoms with Crippen molar-refractivity contribution in [3.05, 3.63) is 0 Å². The molecule has 1 rings (SSSR count). The molecule has 1 aliphatic heterocycles. The van der Waals surface area contributed by atoms with Crippen molar-refractivity contribution >= 4 is 18.0 Å². The van der Waals surface area contributed by atoms with Gasteiger partial charge in [0.1, 0.15) is 6.04 Å². The van der Waals surface area contributed by atoms with Gasteiger partial charge in [-0.15, -0.1) is 0 Å². The molecule has 0 aliphatic carbocycles. The Morgan fingerprint density at radius 3 is 2.47 bits per heavy atom. The number of hydrogen-bond donors (Lipinski definition) is 3. The first-order valence-electron chi connectivity index (χ1n) is 5.40. The molecule has 0 aromatic heterocycles. The van der Waals surface area contributed by atoms with E-state index in [1.165, 1.54) is 4.90 Å². The van der Waals surface area contributed by atoms with Crippen molar-refractivity contribution in [3.8, 4) is 0 Å². The van der Waals surface area contributed by atoms with E-state index in [0.717, 1.165) is 6.42 Å². The van der Waals surface area contributed by atoms with Crippen LogP contribution in [0.5, 0.6) is 0 Å². The number of aliphatic carboxylic acids is 2. The molecule has 0 bridgehead atoms. The number of nitrogens with zero attached hydrogens (tertiary/aromatic N) is 1. The molecule has 0 aromatic carbocycles. The molecule has 0 saturated carbocycles. The van der Waals surface area contributed by atoms with Gasteiger partial charge in [0.15, 0.2) is 0 Å². The maximum absolute atomic E-state index is 11.6. The summed E-state index contributed by atoms with van der Waals surface area (Å²) in [5, 5.41) is 19.5. The highest BCUT2D eigenvalue weighted by atomic mass is 16.4. The van der Waals surface area contributed by atoms with Crippen molar-refractivity contribution in [3.63, 3.8) is 0 Å². The fraction of sp³-hybridized carbons (Fsp3) is 0.700. The second kappa shape index (κ2) is 5.51. The monoisotopic (exact) mass is 244 g/mol. The van der Waals surface area contributed by atoms with Crippen LogP contribution in [0.1, 0.15) is 19.8 Å². The van der Waals surface area contributed by atoms with Gasteiger partial charge in [0.2, 0.25) is 0 Å². The number of carbonyl (C=O) groups is 3. The number of carboxylic acid groups (broad SMARTS) is 2. The predicted octanol–water partition coefficient (Wildman–Crippen LogP) is -0.0343. The Morgan fingerprint density at radius 1 is 1.41 bits per heavy atom. The van der Waals surface area contributed by atoms with Crippen molar-refractivity contribution in [2.75, 3.05) is 13.1 Å². The summed E-state index contributed by atoms with van der Waals surface area (Å²) >= 11 is 0. The van der Waals surface area contributed by atoms with E-state index in [9.17, 15) is 14.4 Å². The third kappa shape index (κ3) is 3.93. The summed E-state index contributed by atoms with van der Waals surface area (Å²) in [7, 11) is 0. The van der Waals surface area contributed by atoms with E-state index in [1.807, 2.05) is 6.92 Å². The highest BCUT2D eigenvalue weighted by Gasteiger charge is 2.28. The molecule has 0 radical (unpaired) electrons.